The van der Waals surface area contributed by atoms with Crippen LogP contribution in [-0.2, 0) is 18.9 Å². The van der Waals surface area contributed by atoms with Gasteiger partial charge < -0.3 is 44.3 Å². The SMILES string of the molecule is CCCCCCCCCCCCC(O)CN(CCCOCCOCCOCCCN(CC(O)CCCCCCCCCCCC)CC(O)CCCCCCCCCCCC)CCN1CCN(CCCOCCO)CC1. The van der Waals surface area contributed by atoms with Gasteiger partial charge in [-0.25, -0.2) is 0 Å². The van der Waals surface area contributed by atoms with Gasteiger partial charge in [0.1, 0.15) is 0 Å². The van der Waals surface area contributed by atoms with Gasteiger partial charge in [-0.05, 0) is 38.5 Å². The highest BCUT2D eigenvalue weighted by atomic mass is 16.5. The van der Waals surface area contributed by atoms with Gasteiger partial charge in [-0.3, -0.25) is 14.7 Å². The molecule has 75 heavy (non-hydrogen) atoms. The van der Waals surface area contributed by atoms with Crippen LogP contribution in [0.3, 0.4) is 0 Å². The van der Waals surface area contributed by atoms with Crippen LogP contribution in [0.25, 0.3) is 0 Å². The molecule has 3 unspecified atom stereocenters. The molecule has 0 amide bonds. The molecule has 1 saturated heterocycles. The van der Waals surface area contributed by atoms with E-state index in [4.69, 9.17) is 24.1 Å². The summed E-state index contributed by atoms with van der Waals surface area (Å²) < 4.78 is 23.3. The van der Waals surface area contributed by atoms with Gasteiger partial charge in [-0.2, -0.15) is 0 Å². The Morgan fingerprint density at radius 3 is 0.987 bits per heavy atom. The summed E-state index contributed by atoms with van der Waals surface area (Å²) in [7, 11) is 0. The zero-order chi connectivity index (χ0) is 54.2. The summed E-state index contributed by atoms with van der Waals surface area (Å²) in [5, 5.41) is 42.1. The lowest BCUT2D eigenvalue weighted by molar-refractivity contribution is 0.00868. The van der Waals surface area contributed by atoms with E-state index >= 15 is 0 Å². The summed E-state index contributed by atoms with van der Waals surface area (Å²) in [6.45, 7) is 22.7. The summed E-state index contributed by atoms with van der Waals surface area (Å²) in [5.74, 6) is 0. The molecule has 450 valence electrons. The van der Waals surface area contributed by atoms with E-state index in [1.165, 1.54) is 173 Å². The first-order valence-corrected chi connectivity index (χ1v) is 32.8. The Morgan fingerprint density at radius 1 is 0.320 bits per heavy atom. The number of aliphatic hydroxyl groups excluding tert-OH is 4. The first-order chi connectivity index (χ1) is 36.9. The minimum absolute atomic E-state index is 0.0905. The highest BCUT2D eigenvalue weighted by molar-refractivity contribution is 4.75. The van der Waals surface area contributed by atoms with Crippen molar-refractivity contribution in [1.82, 2.24) is 19.6 Å². The van der Waals surface area contributed by atoms with Crippen LogP contribution >= 0.6 is 0 Å². The molecule has 12 nitrogen and oxygen atoms in total. The van der Waals surface area contributed by atoms with E-state index in [-0.39, 0.29) is 24.9 Å². The monoisotopic (exact) mass is 1070 g/mol. The molecule has 0 bridgehead atoms. The van der Waals surface area contributed by atoms with E-state index in [2.05, 4.69) is 40.4 Å². The molecular weight excluding hydrogens is 941 g/mol. The molecule has 1 heterocycles. The highest BCUT2D eigenvalue weighted by Gasteiger charge is 2.19. The molecule has 12 heteroatoms. The van der Waals surface area contributed by atoms with E-state index in [1.807, 2.05) is 0 Å². The van der Waals surface area contributed by atoms with Crippen molar-refractivity contribution >= 4 is 0 Å². The average molecular weight is 1070 g/mol. The largest absolute Gasteiger partial charge is 0.394 e. The van der Waals surface area contributed by atoms with Gasteiger partial charge in [-0.1, -0.05) is 213 Å². The molecule has 1 fully saturated rings. The second-order valence-corrected chi connectivity index (χ2v) is 22.9. The smallest absolute Gasteiger partial charge is 0.0701 e. The molecule has 0 aromatic heterocycles. The second-order valence-electron chi connectivity index (χ2n) is 22.9. The third-order valence-electron chi connectivity index (χ3n) is 15.5. The zero-order valence-corrected chi connectivity index (χ0v) is 50.2. The number of aliphatic hydroxyl groups is 4. The lowest BCUT2D eigenvalue weighted by Crippen LogP contribution is -2.49. The Balaban J connectivity index is 2.38. The molecule has 1 aliphatic heterocycles. The van der Waals surface area contributed by atoms with Gasteiger partial charge in [0.05, 0.1) is 58.0 Å². The van der Waals surface area contributed by atoms with Crippen LogP contribution in [0.4, 0.5) is 0 Å². The standard InChI is InChI=1S/C63H130N4O8/c1-4-7-10-13-16-19-22-25-28-31-37-61(69)58-66(48-47-65-45-43-64(44-46-65)40-34-50-72-53-49-68)41-35-51-73-54-56-75-57-55-74-52-36-42-67(59-62(70)38-32-29-26-23-20-17-14-11-8-5-2)60-63(71)39-33-30-27-24-21-18-15-12-9-6-3/h61-63,68-71H,4-60H2,1-3H3. The molecule has 1 rings (SSSR count). The molecular formula is C63H130N4O8. The van der Waals surface area contributed by atoms with Crippen LogP contribution in [-0.4, -0.2) is 196 Å². The maximum atomic E-state index is 11.1. The molecule has 0 aromatic rings. The van der Waals surface area contributed by atoms with Crippen molar-refractivity contribution in [2.45, 2.75) is 270 Å². The van der Waals surface area contributed by atoms with E-state index in [0.717, 1.165) is 123 Å². The van der Waals surface area contributed by atoms with Crippen molar-refractivity contribution in [3.8, 4) is 0 Å². The van der Waals surface area contributed by atoms with Crippen LogP contribution in [0.15, 0.2) is 0 Å². The summed E-state index contributed by atoms with van der Waals surface area (Å²) >= 11 is 0. The number of unbranched alkanes of at least 4 members (excludes halogenated alkanes) is 27. The Kier molecular flexibility index (Phi) is 56.3. The molecule has 0 aliphatic carbocycles. The number of piperazine rings is 1. The van der Waals surface area contributed by atoms with Crippen molar-refractivity contribution in [1.29, 1.82) is 0 Å². The van der Waals surface area contributed by atoms with Gasteiger partial charge in [0.15, 0.2) is 0 Å². The fourth-order valence-electron chi connectivity index (χ4n) is 10.7. The Morgan fingerprint density at radius 2 is 0.613 bits per heavy atom. The van der Waals surface area contributed by atoms with Crippen molar-refractivity contribution in [2.75, 3.05) is 138 Å². The lowest BCUT2D eigenvalue weighted by Gasteiger charge is -2.36. The number of ether oxygens (including phenoxy) is 4. The van der Waals surface area contributed by atoms with Gasteiger partial charge >= 0.3 is 0 Å². The number of hydrogen-bond acceptors (Lipinski definition) is 12. The maximum absolute atomic E-state index is 11.1. The fourth-order valence-corrected chi connectivity index (χ4v) is 10.7. The molecule has 0 saturated carbocycles. The van der Waals surface area contributed by atoms with E-state index in [9.17, 15) is 15.3 Å². The Hall–Kier alpha value is -0.480. The van der Waals surface area contributed by atoms with E-state index < -0.39 is 0 Å². The number of rotatable bonds is 62. The van der Waals surface area contributed by atoms with Crippen molar-refractivity contribution in [3.05, 3.63) is 0 Å². The van der Waals surface area contributed by atoms with Crippen molar-refractivity contribution in [3.63, 3.8) is 0 Å². The third-order valence-corrected chi connectivity index (χ3v) is 15.5. The van der Waals surface area contributed by atoms with Gasteiger partial charge in [0.25, 0.3) is 0 Å². The van der Waals surface area contributed by atoms with Crippen LogP contribution < -0.4 is 0 Å². The van der Waals surface area contributed by atoms with Gasteiger partial charge in [0.2, 0.25) is 0 Å². The van der Waals surface area contributed by atoms with E-state index in [0.29, 0.717) is 65.9 Å². The van der Waals surface area contributed by atoms with Crippen LogP contribution in [0.2, 0.25) is 0 Å². The van der Waals surface area contributed by atoms with Crippen LogP contribution in [0.5, 0.6) is 0 Å². The molecule has 1 aliphatic rings. The molecule has 0 spiro atoms. The first kappa shape index (κ1) is 72.5. The summed E-state index contributed by atoms with van der Waals surface area (Å²) in [6.07, 6.45) is 43.5. The van der Waals surface area contributed by atoms with Gasteiger partial charge in [0, 0.05) is 98.4 Å². The Labute approximate surface area is 465 Å². The lowest BCUT2D eigenvalue weighted by atomic mass is 10.0. The molecule has 4 N–H and O–H groups in total. The normalized spacial score (nSPS) is 15.0. The van der Waals surface area contributed by atoms with Gasteiger partial charge in [-0.15, -0.1) is 0 Å². The van der Waals surface area contributed by atoms with Crippen LogP contribution in [0, 0.1) is 0 Å². The predicted molar refractivity (Wildman–Crippen MR) is 317 cm³/mol. The topological polar surface area (TPSA) is 131 Å². The average Bonchev–Trinajstić information content (AvgIpc) is 3.41. The fraction of sp³-hybridized carbons (Fsp3) is 1.00. The maximum Gasteiger partial charge on any atom is 0.0701 e. The summed E-state index contributed by atoms with van der Waals surface area (Å²) in [6, 6.07) is 0. The first-order valence-electron chi connectivity index (χ1n) is 32.8. The van der Waals surface area contributed by atoms with E-state index in [1.54, 1.807) is 0 Å². The molecule has 0 aromatic carbocycles. The highest BCUT2D eigenvalue weighted by Crippen LogP contribution is 2.17. The third kappa shape index (κ3) is 51.4. The number of hydrogen-bond donors (Lipinski definition) is 4. The number of nitrogens with zero attached hydrogens (tertiary/aromatic N) is 4. The predicted octanol–water partition coefficient (Wildman–Crippen LogP) is 12.5. The zero-order valence-electron chi connectivity index (χ0n) is 50.2. The minimum atomic E-state index is -0.352. The minimum Gasteiger partial charge on any atom is -0.394 e. The Bertz CT molecular complexity index is 1060. The quantitative estimate of drug-likeness (QED) is 0.0433. The molecule has 0 radical (unpaired) electrons. The van der Waals surface area contributed by atoms with Crippen molar-refractivity contribution in [2.24, 2.45) is 0 Å². The second kappa shape index (κ2) is 58.2. The molecule has 3 atom stereocenters. The van der Waals surface area contributed by atoms with Crippen molar-refractivity contribution < 1.29 is 39.4 Å². The summed E-state index contributed by atoms with van der Waals surface area (Å²) in [5.41, 5.74) is 0. The van der Waals surface area contributed by atoms with Crippen LogP contribution in [0.1, 0.15) is 252 Å². The summed E-state index contributed by atoms with van der Waals surface area (Å²) in [4.78, 5) is 9.85.